The number of carbonyl (C=O) groups excluding carboxylic acids is 3. The third-order valence-electron chi connectivity index (χ3n) is 12.4. The lowest BCUT2D eigenvalue weighted by molar-refractivity contribution is -0.167. The fraction of sp³-hybridized carbons (Fsp3) is 0.758. The van der Waals surface area contributed by atoms with Crippen molar-refractivity contribution in [1.82, 2.24) is 0 Å². The molecule has 0 aliphatic heterocycles. The second-order valence-electron chi connectivity index (χ2n) is 19.2. The normalized spacial score (nSPS) is 12.6. The summed E-state index contributed by atoms with van der Waals surface area (Å²) >= 11 is 0. The molecule has 68 heavy (non-hydrogen) atoms. The topological polar surface area (TPSA) is 78.9 Å². The Bertz CT molecular complexity index is 1270. The molecule has 0 heterocycles. The summed E-state index contributed by atoms with van der Waals surface area (Å²) in [6.45, 7) is 6.48. The Morgan fingerprint density at radius 3 is 0.956 bits per heavy atom. The van der Waals surface area contributed by atoms with Crippen LogP contribution in [0.15, 0.2) is 72.9 Å². The van der Waals surface area contributed by atoms with Crippen molar-refractivity contribution in [3.63, 3.8) is 0 Å². The summed E-state index contributed by atoms with van der Waals surface area (Å²) in [6, 6.07) is 0. The molecule has 0 aromatic rings. The summed E-state index contributed by atoms with van der Waals surface area (Å²) < 4.78 is 16.8. The Kier molecular flexibility index (Phi) is 53.8. The van der Waals surface area contributed by atoms with E-state index in [1.165, 1.54) is 141 Å². The zero-order chi connectivity index (χ0) is 49.3. The van der Waals surface area contributed by atoms with Crippen LogP contribution in [-0.4, -0.2) is 37.2 Å². The number of esters is 3. The maximum absolute atomic E-state index is 12.8. The third-order valence-corrected chi connectivity index (χ3v) is 12.4. The van der Waals surface area contributed by atoms with Crippen molar-refractivity contribution in [2.24, 2.45) is 0 Å². The number of carbonyl (C=O) groups is 3. The minimum atomic E-state index is -0.775. The van der Waals surface area contributed by atoms with Gasteiger partial charge in [0.25, 0.3) is 0 Å². The molecule has 0 spiro atoms. The van der Waals surface area contributed by atoms with E-state index in [0.717, 1.165) is 103 Å². The van der Waals surface area contributed by atoms with Gasteiger partial charge in [-0.25, -0.2) is 0 Å². The number of rotatable bonds is 52. The van der Waals surface area contributed by atoms with Gasteiger partial charge in [-0.15, -0.1) is 0 Å². The molecule has 0 bridgehead atoms. The molecule has 0 N–H and O–H groups in total. The molecule has 0 amide bonds. The Morgan fingerprint density at radius 1 is 0.309 bits per heavy atom. The van der Waals surface area contributed by atoms with E-state index in [-0.39, 0.29) is 31.1 Å². The summed E-state index contributed by atoms with van der Waals surface area (Å²) in [5.41, 5.74) is 0. The fourth-order valence-corrected chi connectivity index (χ4v) is 8.10. The Labute approximate surface area is 421 Å². The highest BCUT2D eigenvalue weighted by molar-refractivity contribution is 5.71. The van der Waals surface area contributed by atoms with Crippen LogP contribution in [0.25, 0.3) is 0 Å². The summed E-state index contributed by atoms with van der Waals surface area (Å²) in [5, 5.41) is 0. The smallest absolute Gasteiger partial charge is 0.306 e. The quantitative estimate of drug-likeness (QED) is 0.0262. The summed E-state index contributed by atoms with van der Waals surface area (Å²) in [6.07, 6.45) is 72.0. The standard InChI is InChI=1S/C62H108O6/c1-4-7-10-13-16-19-22-23-24-25-26-27-28-29-30-31-32-33-34-35-36-37-38-39-41-43-46-49-52-55-61(64)67-58-59(57-66-60(63)54-51-48-45-42-21-18-15-12-9-6-3)68-62(65)56-53-50-47-44-40-20-17-14-11-8-5-2/h7,10,14,16-17,19,23-24,26-27,29-30,59H,4-6,8-9,11-13,15,18,20-22,25,28,31-58H2,1-3H3/b10-7-,17-14-,19-16-,24-23-,27-26-,30-29-. The molecule has 0 aromatic carbocycles. The lowest BCUT2D eigenvalue weighted by Crippen LogP contribution is -2.30. The summed E-state index contributed by atoms with van der Waals surface area (Å²) in [5.74, 6) is -0.881. The van der Waals surface area contributed by atoms with Crippen LogP contribution in [0.3, 0.4) is 0 Å². The minimum absolute atomic E-state index is 0.0756. The van der Waals surface area contributed by atoms with Crippen LogP contribution in [0.4, 0.5) is 0 Å². The first kappa shape index (κ1) is 64.8. The molecule has 392 valence electrons. The third kappa shape index (κ3) is 53.8. The average molecular weight is 950 g/mol. The maximum Gasteiger partial charge on any atom is 0.306 e. The van der Waals surface area contributed by atoms with Gasteiger partial charge < -0.3 is 14.2 Å². The lowest BCUT2D eigenvalue weighted by Gasteiger charge is -2.18. The van der Waals surface area contributed by atoms with Crippen molar-refractivity contribution in [2.45, 2.75) is 290 Å². The van der Waals surface area contributed by atoms with Gasteiger partial charge in [0.05, 0.1) is 0 Å². The van der Waals surface area contributed by atoms with E-state index >= 15 is 0 Å². The summed E-state index contributed by atoms with van der Waals surface area (Å²) in [4.78, 5) is 38.0. The largest absolute Gasteiger partial charge is 0.462 e. The molecule has 6 nitrogen and oxygen atoms in total. The van der Waals surface area contributed by atoms with Gasteiger partial charge in [-0.1, -0.05) is 254 Å². The predicted octanol–water partition coefficient (Wildman–Crippen LogP) is 19.4. The SMILES string of the molecule is CC/C=C\C/C=C\C/C=C\C/C=C\C/C=C\CCCCCCCCCCCCCCCC(=O)OCC(COC(=O)CCCCCCCCCCCC)OC(=O)CCCCCCC/C=C\CCCC. The van der Waals surface area contributed by atoms with Crippen molar-refractivity contribution in [2.75, 3.05) is 13.2 Å². The van der Waals surface area contributed by atoms with Crippen LogP contribution in [0.2, 0.25) is 0 Å². The first-order chi connectivity index (χ1) is 33.5. The van der Waals surface area contributed by atoms with Crippen LogP contribution in [0, 0.1) is 0 Å². The molecule has 0 saturated heterocycles. The lowest BCUT2D eigenvalue weighted by atomic mass is 10.0. The van der Waals surface area contributed by atoms with Crippen molar-refractivity contribution >= 4 is 17.9 Å². The highest BCUT2D eigenvalue weighted by Gasteiger charge is 2.19. The number of ether oxygens (including phenoxy) is 3. The molecule has 0 aromatic heterocycles. The van der Waals surface area contributed by atoms with E-state index < -0.39 is 6.10 Å². The molecule has 6 heteroatoms. The van der Waals surface area contributed by atoms with Gasteiger partial charge in [0, 0.05) is 19.3 Å². The molecule has 0 saturated carbocycles. The first-order valence-electron chi connectivity index (χ1n) is 28.9. The van der Waals surface area contributed by atoms with Gasteiger partial charge in [0.1, 0.15) is 13.2 Å². The molecule has 0 radical (unpaired) electrons. The van der Waals surface area contributed by atoms with Gasteiger partial charge >= 0.3 is 17.9 Å². The first-order valence-corrected chi connectivity index (χ1v) is 28.9. The molecule has 0 rings (SSSR count). The van der Waals surface area contributed by atoms with Crippen LogP contribution in [-0.2, 0) is 28.6 Å². The van der Waals surface area contributed by atoms with E-state index in [2.05, 4.69) is 93.7 Å². The van der Waals surface area contributed by atoms with E-state index in [4.69, 9.17) is 14.2 Å². The number of unbranched alkanes of at least 4 members (excludes halogenated alkanes) is 29. The molecular formula is C62H108O6. The number of hydrogen-bond acceptors (Lipinski definition) is 6. The van der Waals surface area contributed by atoms with Crippen LogP contribution in [0.5, 0.6) is 0 Å². The average Bonchev–Trinajstić information content (AvgIpc) is 3.34. The zero-order valence-corrected chi connectivity index (χ0v) is 44.9. The molecule has 0 fully saturated rings. The van der Waals surface area contributed by atoms with Gasteiger partial charge in [0.15, 0.2) is 6.10 Å². The molecule has 1 atom stereocenters. The molecular weight excluding hydrogens is 841 g/mol. The van der Waals surface area contributed by atoms with Crippen molar-refractivity contribution in [1.29, 1.82) is 0 Å². The number of hydrogen-bond donors (Lipinski definition) is 0. The highest BCUT2D eigenvalue weighted by Crippen LogP contribution is 2.16. The van der Waals surface area contributed by atoms with Crippen molar-refractivity contribution in [3.8, 4) is 0 Å². The maximum atomic E-state index is 12.8. The van der Waals surface area contributed by atoms with Gasteiger partial charge in [-0.3, -0.25) is 14.4 Å². The van der Waals surface area contributed by atoms with E-state index in [0.29, 0.717) is 19.3 Å². The summed E-state index contributed by atoms with van der Waals surface area (Å²) in [7, 11) is 0. The van der Waals surface area contributed by atoms with Gasteiger partial charge in [0.2, 0.25) is 0 Å². The number of allylic oxidation sites excluding steroid dienone is 12. The van der Waals surface area contributed by atoms with Crippen molar-refractivity contribution < 1.29 is 28.6 Å². The Morgan fingerprint density at radius 2 is 0.588 bits per heavy atom. The van der Waals surface area contributed by atoms with Gasteiger partial charge in [-0.05, 0) is 83.5 Å². The Balaban J connectivity index is 4.12. The zero-order valence-electron chi connectivity index (χ0n) is 44.9. The van der Waals surface area contributed by atoms with Crippen LogP contribution in [0.1, 0.15) is 284 Å². The van der Waals surface area contributed by atoms with E-state index in [1.54, 1.807) is 0 Å². The Hall–Kier alpha value is -3.15. The second-order valence-corrected chi connectivity index (χ2v) is 19.2. The van der Waals surface area contributed by atoms with Crippen molar-refractivity contribution in [3.05, 3.63) is 72.9 Å². The fourth-order valence-electron chi connectivity index (χ4n) is 8.10. The molecule has 0 aliphatic rings. The van der Waals surface area contributed by atoms with E-state index in [1.807, 2.05) is 0 Å². The monoisotopic (exact) mass is 949 g/mol. The van der Waals surface area contributed by atoms with Gasteiger partial charge in [-0.2, -0.15) is 0 Å². The second kappa shape index (κ2) is 56.4. The molecule has 0 aliphatic carbocycles. The highest BCUT2D eigenvalue weighted by atomic mass is 16.6. The minimum Gasteiger partial charge on any atom is -0.462 e. The molecule has 1 unspecified atom stereocenters. The van der Waals surface area contributed by atoms with Crippen LogP contribution >= 0.6 is 0 Å². The van der Waals surface area contributed by atoms with E-state index in [9.17, 15) is 14.4 Å². The van der Waals surface area contributed by atoms with Crippen LogP contribution < -0.4 is 0 Å². The predicted molar refractivity (Wildman–Crippen MR) is 293 cm³/mol.